The molecule has 110 valence electrons. The van der Waals surface area contributed by atoms with Crippen molar-refractivity contribution in [2.24, 2.45) is 5.16 Å². The van der Waals surface area contributed by atoms with E-state index in [0.29, 0.717) is 11.1 Å². The molecule has 20 heavy (non-hydrogen) atoms. The average Bonchev–Trinajstić information content (AvgIpc) is 2.35. The summed E-state index contributed by atoms with van der Waals surface area (Å²) in [5.41, 5.74) is 0.838. The van der Waals surface area contributed by atoms with E-state index in [9.17, 15) is 13.2 Å². The zero-order chi connectivity index (χ0) is 15.2. The fraction of sp³-hybridized carbons (Fsp3) is 0.273. The lowest BCUT2D eigenvalue weighted by atomic mass is 10.0. The van der Waals surface area contributed by atoms with Gasteiger partial charge in [-0.1, -0.05) is 29.4 Å². The summed E-state index contributed by atoms with van der Waals surface area (Å²) >= 11 is 3.65. The summed E-state index contributed by atoms with van der Waals surface area (Å²) in [4.78, 5) is 16.5. The monoisotopic (exact) mass is 318 g/mol. The highest BCUT2D eigenvalue weighted by molar-refractivity contribution is 7.89. The summed E-state index contributed by atoms with van der Waals surface area (Å²) in [7, 11) is -2.45. The minimum atomic E-state index is -3.70. The van der Waals surface area contributed by atoms with Gasteiger partial charge in [-0.2, -0.15) is 0 Å². The molecular formula is C11H14N2O5S2. The third-order valence-electron chi connectivity index (χ3n) is 2.17. The van der Waals surface area contributed by atoms with E-state index in [2.05, 4.69) is 22.9 Å². The number of hydrogen-bond donors (Lipinski definition) is 2. The van der Waals surface area contributed by atoms with Crippen LogP contribution in [0.15, 0.2) is 29.4 Å². The summed E-state index contributed by atoms with van der Waals surface area (Å²) in [6, 6.07) is 6.72. The smallest absolute Gasteiger partial charge is 0.287 e. The Morgan fingerprint density at radius 2 is 2.05 bits per heavy atom. The Labute approximate surface area is 122 Å². The number of rotatable bonds is 6. The van der Waals surface area contributed by atoms with Crippen molar-refractivity contribution in [3.63, 3.8) is 0 Å². The molecular weight excluding hydrogens is 304 g/mol. The van der Waals surface area contributed by atoms with Crippen LogP contribution in [0.3, 0.4) is 0 Å². The van der Waals surface area contributed by atoms with Crippen molar-refractivity contribution >= 4 is 34.6 Å². The normalized spacial score (nSPS) is 12.1. The molecule has 1 amide bonds. The minimum absolute atomic E-state index is 0.119. The first-order valence-corrected chi connectivity index (χ1v) is 7.62. The average molecular weight is 318 g/mol. The first kappa shape index (κ1) is 16.5. The molecule has 0 atom stereocenters. The number of nitrogens with one attached hydrogen (secondary N) is 1. The topological polar surface area (TPSA) is 94.1 Å². The fourth-order valence-corrected chi connectivity index (χ4v) is 2.04. The predicted molar refractivity (Wildman–Crippen MR) is 76.7 cm³/mol. The Kier molecular flexibility index (Phi) is 5.99. The van der Waals surface area contributed by atoms with Gasteiger partial charge in [-0.15, -0.1) is 0 Å². The maximum Gasteiger partial charge on any atom is 0.287 e. The third kappa shape index (κ3) is 4.83. The van der Waals surface area contributed by atoms with Crippen LogP contribution in [0.25, 0.3) is 0 Å². The van der Waals surface area contributed by atoms with Crippen molar-refractivity contribution in [3.05, 3.63) is 35.4 Å². The Bertz CT molecular complexity index is 613. The fourth-order valence-electron chi connectivity index (χ4n) is 1.47. The number of nitrogens with zero attached hydrogens (tertiary/aromatic N) is 1. The van der Waals surface area contributed by atoms with Crippen LogP contribution in [-0.2, 0) is 30.4 Å². The van der Waals surface area contributed by atoms with Gasteiger partial charge in [0.25, 0.3) is 5.91 Å². The van der Waals surface area contributed by atoms with Gasteiger partial charge in [0.2, 0.25) is 10.0 Å². The molecule has 0 saturated heterocycles. The molecule has 0 fully saturated rings. The second kappa shape index (κ2) is 7.27. The highest BCUT2D eigenvalue weighted by Crippen LogP contribution is 2.13. The first-order valence-electron chi connectivity index (χ1n) is 5.37. The molecule has 0 unspecified atom stereocenters. The van der Waals surface area contributed by atoms with Crippen LogP contribution >= 0.6 is 12.9 Å². The maximum atomic E-state index is 11.9. The number of carbonyl (C=O) groups is 1. The molecule has 0 aliphatic rings. The molecule has 1 aromatic rings. The Hall–Kier alpha value is -1.58. The van der Waals surface area contributed by atoms with Gasteiger partial charge >= 0.3 is 0 Å². The van der Waals surface area contributed by atoms with Crippen LogP contribution in [0.4, 0.5) is 0 Å². The second-order valence-corrected chi connectivity index (χ2v) is 5.76. The largest absolute Gasteiger partial charge is 0.398 e. The molecule has 9 heteroatoms. The maximum absolute atomic E-state index is 11.9. The number of oxime groups is 1. The zero-order valence-electron chi connectivity index (χ0n) is 10.9. The van der Waals surface area contributed by atoms with Gasteiger partial charge < -0.3 is 9.02 Å². The van der Waals surface area contributed by atoms with E-state index in [1.54, 1.807) is 24.3 Å². The number of carbonyl (C=O) groups excluding carboxylic acids is 1. The van der Waals surface area contributed by atoms with Crippen molar-refractivity contribution < 1.29 is 22.2 Å². The molecule has 0 aliphatic carbocycles. The third-order valence-corrected chi connectivity index (χ3v) is 2.85. The summed E-state index contributed by atoms with van der Waals surface area (Å²) in [5, 5.41) is 3.58. The van der Waals surface area contributed by atoms with Gasteiger partial charge in [-0.3, -0.25) is 4.79 Å². The second-order valence-electron chi connectivity index (χ2n) is 3.76. The van der Waals surface area contributed by atoms with Crippen LogP contribution in [0.5, 0.6) is 0 Å². The Balaban J connectivity index is 3.22. The van der Waals surface area contributed by atoms with Crippen molar-refractivity contribution in [3.8, 4) is 0 Å². The van der Waals surface area contributed by atoms with Crippen LogP contribution in [0.1, 0.15) is 11.1 Å². The molecule has 1 aromatic carbocycles. The number of sulfonamides is 1. The number of benzene rings is 1. The lowest BCUT2D eigenvalue weighted by Crippen LogP contribution is -2.36. The Morgan fingerprint density at radius 1 is 1.40 bits per heavy atom. The van der Waals surface area contributed by atoms with Gasteiger partial charge in [0.1, 0.15) is 7.11 Å². The van der Waals surface area contributed by atoms with Crippen LogP contribution in [-0.4, -0.2) is 33.4 Å². The van der Waals surface area contributed by atoms with Gasteiger partial charge in [-0.05, 0) is 18.5 Å². The molecule has 0 spiro atoms. The van der Waals surface area contributed by atoms with E-state index in [4.69, 9.17) is 4.18 Å². The number of thiol groups is 1. The lowest BCUT2D eigenvalue weighted by Gasteiger charge is -2.10. The lowest BCUT2D eigenvalue weighted by molar-refractivity contribution is -0.113. The predicted octanol–water partition coefficient (Wildman–Crippen LogP) is 0.474. The van der Waals surface area contributed by atoms with Gasteiger partial charge in [0.05, 0.1) is 12.9 Å². The van der Waals surface area contributed by atoms with Crippen molar-refractivity contribution in [1.29, 1.82) is 0 Å². The van der Waals surface area contributed by atoms with E-state index in [1.165, 1.54) is 7.11 Å². The highest BCUT2D eigenvalue weighted by Gasteiger charge is 2.21. The van der Waals surface area contributed by atoms with Crippen molar-refractivity contribution in [1.82, 2.24) is 4.72 Å². The van der Waals surface area contributed by atoms with Crippen LogP contribution in [0, 0.1) is 0 Å². The minimum Gasteiger partial charge on any atom is -0.398 e. The zero-order valence-corrected chi connectivity index (χ0v) is 12.6. The SMILES string of the molecule is CO/N=C(/C(=O)NS(C)(=O)=O)c1ccccc1COS. The summed E-state index contributed by atoms with van der Waals surface area (Å²) in [6.07, 6.45) is 0.873. The molecule has 0 aliphatic heterocycles. The molecule has 1 N–H and O–H groups in total. The number of amides is 1. The molecule has 0 radical (unpaired) electrons. The summed E-state index contributed by atoms with van der Waals surface area (Å²) in [6.45, 7) is 0.119. The molecule has 1 rings (SSSR count). The highest BCUT2D eigenvalue weighted by atomic mass is 32.2. The van der Waals surface area contributed by atoms with Crippen molar-refractivity contribution in [2.45, 2.75) is 6.61 Å². The van der Waals surface area contributed by atoms with E-state index < -0.39 is 15.9 Å². The first-order chi connectivity index (χ1) is 9.39. The summed E-state index contributed by atoms with van der Waals surface area (Å²) < 4.78 is 28.8. The standard InChI is InChI=1S/C11H14N2O5S2/c1-17-12-10(11(14)13-20(2,15)16)9-6-4-3-5-8(9)7-18-19/h3-6,19H,7H2,1-2H3,(H,13,14)/b12-10+. The molecule has 0 bridgehead atoms. The van der Waals surface area contributed by atoms with Crippen molar-refractivity contribution in [2.75, 3.05) is 13.4 Å². The van der Waals surface area contributed by atoms with Gasteiger partial charge in [0.15, 0.2) is 5.71 Å². The van der Waals surface area contributed by atoms with Crippen LogP contribution < -0.4 is 4.72 Å². The molecule has 0 heterocycles. The molecule has 0 saturated carbocycles. The van der Waals surface area contributed by atoms with Gasteiger partial charge in [0, 0.05) is 5.56 Å². The van der Waals surface area contributed by atoms with Crippen LogP contribution in [0.2, 0.25) is 0 Å². The quantitative estimate of drug-likeness (QED) is 0.344. The Morgan fingerprint density at radius 3 is 2.60 bits per heavy atom. The molecule has 7 nitrogen and oxygen atoms in total. The van der Waals surface area contributed by atoms with E-state index >= 15 is 0 Å². The van der Waals surface area contributed by atoms with E-state index in [1.807, 2.05) is 4.72 Å². The van der Waals surface area contributed by atoms with E-state index in [-0.39, 0.29) is 12.3 Å². The van der Waals surface area contributed by atoms with E-state index in [0.717, 1.165) is 6.26 Å². The molecule has 0 aromatic heterocycles. The summed E-state index contributed by atoms with van der Waals surface area (Å²) in [5.74, 6) is -0.888. The number of hydrogen-bond acceptors (Lipinski definition) is 7. The van der Waals surface area contributed by atoms with Gasteiger partial charge in [-0.25, -0.2) is 13.1 Å².